The Morgan fingerprint density at radius 1 is 1.26 bits per heavy atom. The molecule has 0 aromatic heterocycles. The number of hydrogen-bond donors (Lipinski definition) is 2. The standard InChI is InChI=1S/C13H20N4O.ClH/c1-16-5-7-17(8-6-16)11-4-3-10(13(14)15)9-12(11)18-2;/h3-4,9H,5-8H2,1-2H3,(H3,14,15);1H. The van der Waals surface area contributed by atoms with Crippen LogP contribution < -0.4 is 15.4 Å². The molecule has 1 saturated heterocycles. The molecule has 1 aliphatic rings. The number of rotatable bonds is 3. The molecule has 0 amide bonds. The third-order valence-corrected chi connectivity index (χ3v) is 3.33. The van der Waals surface area contributed by atoms with Gasteiger partial charge in [-0.1, -0.05) is 0 Å². The number of nitrogens with two attached hydrogens (primary N) is 1. The lowest BCUT2D eigenvalue weighted by Gasteiger charge is -2.34. The van der Waals surface area contributed by atoms with Crippen LogP contribution in [0.4, 0.5) is 5.69 Å². The van der Waals surface area contributed by atoms with Crippen LogP contribution in [0.1, 0.15) is 5.56 Å². The number of methoxy groups -OCH3 is 1. The number of benzene rings is 1. The highest BCUT2D eigenvalue weighted by Crippen LogP contribution is 2.29. The highest BCUT2D eigenvalue weighted by Gasteiger charge is 2.18. The van der Waals surface area contributed by atoms with Crippen molar-refractivity contribution in [3.8, 4) is 5.75 Å². The fourth-order valence-corrected chi connectivity index (χ4v) is 2.15. The van der Waals surface area contributed by atoms with Gasteiger partial charge in [0.05, 0.1) is 12.8 Å². The third kappa shape index (κ3) is 3.52. The number of halogens is 1. The molecule has 2 rings (SSSR count). The average Bonchev–Trinajstić information content (AvgIpc) is 2.39. The van der Waals surface area contributed by atoms with Gasteiger partial charge in [0.25, 0.3) is 0 Å². The van der Waals surface area contributed by atoms with Crippen molar-refractivity contribution in [2.24, 2.45) is 5.73 Å². The fraction of sp³-hybridized carbons (Fsp3) is 0.462. The Morgan fingerprint density at radius 2 is 1.89 bits per heavy atom. The van der Waals surface area contributed by atoms with Crippen molar-refractivity contribution < 1.29 is 4.74 Å². The molecule has 5 nitrogen and oxygen atoms in total. The normalized spacial score (nSPS) is 15.8. The maximum Gasteiger partial charge on any atom is 0.142 e. The molecule has 0 unspecified atom stereocenters. The minimum atomic E-state index is 0. The van der Waals surface area contributed by atoms with E-state index in [4.69, 9.17) is 15.9 Å². The molecular formula is C13H21ClN4O. The Balaban J connectivity index is 0.00000180. The second-order valence-corrected chi connectivity index (χ2v) is 4.59. The van der Waals surface area contributed by atoms with Crippen LogP contribution in [0.25, 0.3) is 0 Å². The van der Waals surface area contributed by atoms with Gasteiger partial charge in [0.2, 0.25) is 0 Å². The summed E-state index contributed by atoms with van der Waals surface area (Å²) in [4.78, 5) is 4.62. The summed E-state index contributed by atoms with van der Waals surface area (Å²) in [5, 5.41) is 7.45. The van der Waals surface area contributed by atoms with Gasteiger partial charge in [-0.3, -0.25) is 5.41 Å². The lowest BCUT2D eigenvalue weighted by atomic mass is 10.1. The predicted octanol–water partition coefficient (Wildman–Crippen LogP) is 1.15. The first-order valence-electron chi connectivity index (χ1n) is 6.07. The molecule has 106 valence electrons. The summed E-state index contributed by atoms with van der Waals surface area (Å²) in [6.07, 6.45) is 0. The van der Waals surface area contributed by atoms with Gasteiger partial charge in [-0.05, 0) is 25.2 Å². The topological polar surface area (TPSA) is 65.6 Å². The fourth-order valence-electron chi connectivity index (χ4n) is 2.15. The molecule has 0 bridgehead atoms. The lowest BCUT2D eigenvalue weighted by Crippen LogP contribution is -2.44. The zero-order valence-corrected chi connectivity index (χ0v) is 12.2. The Kier molecular flexibility index (Phi) is 5.44. The quantitative estimate of drug-likeness (QED) is 0.646. The van der Waals surface area contributed by atoms with Crippen LogP contribution in [-0.2, 0) is 0 Å². The maximum absolute atomic E-state index is 7.45. The highest BCUT2D eigenvalue weighted by molar-refractivity contribution is 5.96. The molecule has 0 saturated carbocycles. The van der Waals surface area contributed by atoms with Gasteiger partial charge in [-0.25, -0.2) is 0 Å². The van der Waals surface area contributed by atoms with Gasteiger partial charge < -0.3 is 20.3 Å². The Bertz CT molecular complexity index is 444. The molecule has 1 heterocycles. The number of ether oxygens (including phenoxy) is 1. The zero-order chi connectivity index (χ0) is 13.1. The largest absolute Gasteiger partial charge is 0.495 e. The Morgan fingerprint density at radius 3 is 2.42 bits per heavy atom. The predicted molar refractivity (Wildman–Crippen MR) is 81.0 cm³/mol. The zero-order valence-electron chi connectivity index (χ0n) is 11.3. The smallest absolute Gasteiger partial charge is 0.142 e. The summed E-state index contributed by atoms with van der Waals surface area (Å²) < 4.78 is 5.41. The number of nitrogen functional groups attached to an aromatic ring is 1. The first kappa shape index (κ1) is 15.6. The van der Waals surface area contributed by atoms with Crippen molar-refractivity contribution >= 4 is 23.9 Å². The molecule has 3 N–H and O–H groups in total. The van der Waals surface area contributed by atoms with E-state index in [1.807, 2.05) is 18.2 Å². The second kappa shape index (κ2) is 6.63. The molecular weight excluding hydrogens is 264 g/mol. The van der Waals surface area contributed by atoms with Crippen LogP contribution in [0, 0.1) is 5.41 Å². The highest BCUT2D eigenvalue weighted by atomic mass is 35.5. The monoisotopic (exact) mass is 284 g/mol. The molecule has 0 aliphatic carbocycles. The molecule has 6 heteroatoms. The van der Waals surface area contributed by atoms with Gasteiger partial charge >= 0.3 is 0 Å². The van der Waals surface area contributed by atoms with Gasteiger partial charge in [-0.2, -0.15) is 0 Å². The number of nitrogens with zero attached hydrogens (tertiary/aromatic N) is 2. The number of hydrogen-bond acceptors (Lipinski definition) is 4. The minimum absolute atomic E-state index is 0. The van der Waals surface area contributed by atoms with Crippen molar-refractivity contribution in [2.75, 3.05) is 45.2 Å². The van der Waals surface area contributed by atoms with Crippen LogP contribution in [-0.4, -0.2) is 51.1 Å². The van der Waals surface area contributed by atoms with Crippen molar-refractivity contribution in [1.82, 2.24) is 4.90 Å². The average molecular weight is 285 g/mol. The molecule has 0 atom stereocenters. The summed E-state index contributed by atoms with van der Waals surface area (Å²) in [5.74, 6) is 0.852. The molecule has 0 radical (unpaired) electrons. The first-order chi connectivity index (χ1) is 8.61. The summed E-state index contributed by atoms with van der Waals surface area (Å²) in [6, 6.07) is 5.69. The Labute approximate surface area is 120 Å². The molecule has 1 aliphatic heterocycles. The molecule has 19 heavy (non-hydrogen) atoms. The third-order valence-electron chi connectivity index (χ3n) is 3.33. The van der Waals surface area contributed by atoms with Crippen LogP contribution in [0.3, 0.4) is 0 Å². The molecule has 1 fully saturated rings. The van der Waals surface area contributed by atoms with Crippen molar-refractivity contribution in [2.45, 2.75) is 0 Å². The van der Waals surface area contributed by atoms with Crippen LogP contribution in [0.2, 0.25) is 0 Å². The number of likely N-dealkylation sites (N-methyl/N-ethyl adjacent to an activating group) is 1. The summed E-state index contributed by atoms with van der Waals surface area (Å²) in [7, 11) is 3.78. The lowest BCUT2D eigenvalue weighted by molar-refractivity contribution is 0.311. The van der Waals surface area contributed by atoms with Crippen molar-refractivity contribution in [1.29, 1.82) is 5.41 Å². The van der Waals surface area contributed by atoms with Gasteiger partial charge in [0.15, 0.2) is 0 Å². The van der Waals surface area contributed by atoms with Crippen molar-refractivity contribution in [3.63, 3.8) is 0 Å². The van der Waals surface area contributed by atoms with Crippen LogP contribution in [0.5, 0.6) is 5.75 Å². The van der Waals surface area contributed by atoms with Crippen LogP contribution >= 0.6 is 12.4 Å². The van der Waals surface area contributed by atoms with E-state index in [1.54, 1.807) is 7.11 Å². The van der Waals surface area contributed by atoms with E-state index < -0.39 is 0 Å². The number of nitrogens with one attached hydrogen (secondary N) is 1. The molecule has 1 aromatic carbocycles. The van der Waals surface area contributed by atoms with E-state index in [2.05, 4.69) is 16.8 Å². The summed E-state index contributed by atoms with van der Waals surface area (Å²) in [5.41, 5.74) is 7.27. The van der Waals surface area contributed by atoms with Gasteiger partial charge in [-0.15, -0.1) is 12.4 Å². The first-order valence-corrected chi connectivity index (χ1v) is 6.07. The molecule has 1 aromatic rings. The van der Waals surface area contributed by atoms with E-state index in [1.165, 1.54) is 0 Å². The number of anilines is 1. The van der Waals surface area contributed by atoms with Gasteiger partial charge in [0, 0.05) is 31.7 Å². The minimum Gasteiger partial charge on any atom is -0.495 e. The Hall–Kier alpha value is -1.46. The second-order valence-electron chi connectivity index (χ2n) is 4.59. The van der Waals surface area contributed by atoms with Crippen LogP contribution in [0.15, 0.2) is 18.2 Å². The van der Waals surface area contributed by atoms with E-state index in [0.717, 1.165) is 37.6 Å². The summed E-state index contributed by atoms with van der Waals surface area (Å²) >= 11 is 0. The number of amidine groups is 1. The van der Waals surface area contributed by atoms with Crippen molar-refractivity contribution in [3.05, 3.63) is 23.8 Å². The summed E-state index contributed by atoms with van der Waals surface area (Å²) in [6.45, 7) is 4.09. The van der Waals surface area contributed by atoms with E-state index >= 15 is 0 Å². The number of piperazine rings is 1. The maximum atomic E-state index is 7.45. The molecule has 0 spiro atoms. The van der Waals surface area contributed by atoms with E-state index in [9.17, 15) is 0 Å². The SMILES string of the molecule is COc1cc(C(=N)N)ccc1N1CCN(C)CC1.Cl. The van der Waals surface area contributed by atoms with Gasteiger partial charge in [0.1, 0.15) is 11.6 Å². The van der Waals surface area contributed by atoms with E-state index in [-0.39, 0.29) is 18.2 Å². The van der Waals surface area contributed by atoms with E-state index in [0.29, 0.717) is 5.56 Å².